The molecule has 0 amide bonds. The van der Waals surface area contributed by atoms with Crippen LogP contribution in [0, 0.1) is 27.7 Å². The van der Waals surface area contributed by atoms with Crippen molar-refractivity contribution in [3.8, 4) is 0 Å². The van der Waals surface area contributed by atoms with Crippen molar-refractivity contribution in [3.63, 3.8) is 0 Å². The lowest BCUT2D eigenvalue weighted by Crippen LogP contribution is -2.10. The Hall–Kier alpha value is -1.96. The molecule has 18 heavy (non-hydrogen) atoms. The first-order valence-corrected chi connectivity index (χ1v) is 5.97. The van der Waals surface area contributed by atoms with E-state index in [4.69, 9.17) is 0 Å². The highest BCUT2D eigenvalue weighted by Crippen LogP contribution is 2.30. The Balaban J connectivity index is 2.72. The minimum Gasteiger partial charge on any atom is -0.290 e. The van der Waals surface area contributed by atoms with Gasteiger partial charge in [0.1, 0.15) is 0 Å². The summed E-state index contributed by atoms with van der Waals surface area (Å²) >= 11 is 0. The molecule has 2 nitrogen and oxygen atoms in total. The number of hydrogen-bond donors (Lipinski definition) is 0. The first-order valence-electron chi connectivity index (χ1n) is 5.97. The van der Waals surface area contributed by atoms with E-state index in [0.717, 1.165) is 27.8 Å². The first-order chi connectivity index (χ1) is 8.41. The van der Waals surface area contributed by atoms with Gasteiger partial charge in [-0.15, -0.1) is 0 Å². The number of allylic oxidation sites excluding steroid dienone is 4. The smallest absolute Gasteiger partial charge is 0.186 e. The van der Waals surface area contributed by atoms with E-state index in [-0.39, 0.29) is 11.6 Å². The molecule has 0 aliphatic heterocycles. The zero-order chi connectivity index (χ0) is 13.4. The fourth-order valence-corrected chi connectivity index (χ4v) is 2.33. The van der Waals surface area contributed by atoms with E-state index in [9.17, 15) is 9.59 Å². The van der Waals surface area contributed by atoms with Crippen LogP contribution in [0.3, 0.4) is 0 Å². The Bertz CT molecular complexity index is 590. The molecule has 1 aliphatic carbocycles. The molecule has 2 heteroatoms. The van der Waals surface area contributed by atoms with E-state index in [1.807, 2.05) is 27.7 Å². The predicted octanol–water partition coefficient (Wildman–Crippen LogP) is 3.01. The molecule has 0 saturated carbocycles. The number of benzene rings is 1. The quantitative estimate of drug-likeness (QED) is 0.707. The summed E-state index contributed by atoms with van der Waals surface area (Å²) in [5.41, 5.74) is 5.86. The second-order valence-electron chi connectivity index (χ2n) is 4.79. The molecule has 0 heterocycles. The Kier molecular flexibility index (Phi) is 3.04. The van der Waals surface area contributed by atoms with Crippen LogP contribution in [0.25, 0.3) is 5.57 Å². The van der Waals surface area contributed by atoms with Gasteiger partial charge in [0.05, 0.1) is 0 Å². The van der Waals surface area contributed by atoms with Gasteiger partial charge in [-0.25, -0.2) is 0 Å². The summed E-state index contributed by atoms with van der Waals surface area (Å²) in [6, 6.07) is 2.11. The highest BCUT2D eigenvalue weighted by atomic mass is 16.1. The fourth-order valence-electron chi connectivity index (χ4n) is 2.33. The van der Waals surface area contributed by atoms with Gasteiger partial charge in [0.2, 0.25) is 0 Å². The molecule has 2 rings (SSSR count). The third-order valence-corrected chi connectivity index (χ3v) is 3.59. The van der Waals surface area contributed by atoms with Crippen molar-refractivity contribution in [2.24, 2.45) is 0 Å². The van der Waals surface area contributed by atoms with Gasteiger partial charge in [-0.3, -0.25) is 9.59 Å². The van der Waals surface area contributed by atoms with E-state index in [1.54, 1.807) is 0 Å². The highest BCUT2D eigenvalue weighted by molar-refractivity contribution is 6.34. The number of carbonyl (C=O) groups is 2. The van der Waals surface area contributed by atoms with Gasteiger partial charge in [0.25, 0.3) is 0 Å². The van der Waals surface area contributed by atoms with Gasteiger partial charge in [-0.2, -0.15) is 0 Å². The topological polar surface area (TPSA) is 34.1 Å². The van der Waals surface area contributed by atoms with Crippen LogP contribution in [0.15, 0.2) is 24.3 Å². The molecule has 0 unspecified atom stereocenters. The Morgan fingerprint density at radius 2 is 1.39 bits per heavy atom. The average molecular weight is 240 g/mol. The summed E-state index contributed by atoms with van der Waals surface area (Å²) in [6.07, 6.45) is 4.11. The molecule has 92 valence electrons. The summed E-state index contributed by atoms with van der Waals surface area (Å²) in [6.45, 7) is 8.04. The minimum atomic E-state index is -0.123. The molecular formula is C16H16O2. The number of carbonyl (C=O) groups excluding carboxylic acids is 2. The van der Waals surface area contributed by atoms with E-state index in [1.165, 1.54) is 18.2 Å². The van der Waals surface area contributed by atoms with Crippen LogP contribution in [-0.2, 0) is 9.59 Å². The van der Waals surface area contributed by atoms with Crippen LogP contribution in [0.5, 0.6) is 0 Å². The van der Waals surface area contributed by atoms with Crippen molar-refractivity contribution >= 4 is 17.1 Å². The second kappa shape index (κ2) is 4.37. The van der Waals surface area contributed by atoms with Gasteiger partial charge < -0.3 is 0 Å². The zero-order valence-corrected chi connectivity index (χ0v) is 11.1. The van der Waals surface area contributed by atoms with Crippen molar-refractivity contribution < 1.29 is 9.59 Å². The van der Waals surface area contributed by atoms with E-state index in [0.29, 0.717) is 5.57 Å². The van der Waals surface area contributed by atoms with E-state index >= 15 is 0 Å². The van der Waals surface area contributed by atoms with Crippen molar-refractivity contribution in [2.75, 3.05) is 0 Å². The number of aryl methyl sites for hydroxylation is 2. The van der Waals surface area contributed by atoms with Gasteiger partial charge in [-0.05, 0) is 73.7 Å². The molecule has 1 aromatic carbocycles. The van der Waals surface area contributed by atoms with E-state index in [2.05, 4.69) is 6.07 Å². The molecule has 1 aliphatic rings. The van der Waals surface area contributed by atoms with Crippen LogP contribution in [0.4, 0.5) is 0 Å². The maximum absolute atomic E-state index is 12.0. The van der Waals surface area contributed by atoms with Crippen LogP contribution in [-0.4, -0.2) is 11.6 Å². The highest BCUT2D eigenvalue weighted by Gasteiger charge is 2.20. The van der Waals surface area contributed by atoms with Gasteiger partial charge in [0, 0.05) is 5.57 Å². The molecule has 0 fully saturated rings. The van der Waals surface area contributed by atoms with Crippen molar-refractivity contribution in [1.82, 2.24) is 0 Å². The SMILES string of the molecule is Cc1cc(C)c(C)c(C2=CC(=O)C=CC2=O)c1C. The summed E-state index contributed by atoms with van der Waals surface area (Å²) in [5.74, 6) is -0.214. The first kappa shape index (κ1) is 12.5. The van der Waals surface area contributed by atoms with Crippen LogP contribution in [0.1, 0.15) is 27.8 Å². The van der Waals surface area contributed by atoms with Gasteiger partial charge in [0.15, 0.2) is 11.6 Å². The van der Waals surface area contributed by atoms with Crippen molar-refractivity contribution in [3.05, 3.63) is 52.1 Å². The largest absolute Gasteiger partial charge is 0.290 e. The van der Waals surface area contributed by atoms with E-state index < -0.39 is 0 Å². The minimum absolute atomic E-state index is 0.0919. The molecule has 0 saturated heterocycles. The molecule has 0 atom stereocenters. The lowest BCUT2D eigenvalue weighted by molar-refractivity contribution is -0.113. The maximum atomic E-state index is 12.0. The van der Waals surface area contributed by atoms with Gasteiger partial charge in [-0.1, -0.05) is 6.07 Å². The molecule has 0 spiro atoms. The zero-order valence-electron chi connectivity index (χ0n) is 11.1. The monoisotopic (exact) mass is 240 g/mol. The third-order valence-electron chi connectivity index (χ3n) is 3.59. The number of rotatable bonds is 1. The van der Waals surface area contributed by atoms with Crippen molar-refractivity contribution in [2.45, 2.75) is 27.7 Å². The van der Waals surface area contributed by atoms with Gasteiger partial charge >= 0.3 is 0 Å². The Morgan fingerprint density at radius 1 is 0.833 bits per heavy atom. The molecule has 0 bridgehead atoms. The Labute approximate surface area is 107 Å². The lowest BCUT2D eigenvalue weighted by Gasteiger charge is -2.17. The summed E-state index contributed by atoms with van der Waals surface area (Å²) in [5, 5.41) is 0. The second-order valence-corrected chi connectivity index (χ2v) is 4.79. The predicted molar refractivity (Wildman–Crippen MR) is 72.5 cm³/mol. The molecule has 1 aromatic rings. The van der Waals surface area contributed by atoms with Crippen LogP contribution < -0.4 is 0 Å². The number of ketones is 2. The summed E-state index contributed by atoms with van der Waals surface area (Å²) in [7, 11) is 0. The standard InChI is InChI=1S/C16H16O2/c1-9-7-10(2)12(4)16(11(9)3)14-8-13(17)5-6-15(14)18/h5-8H,1-4H3. The molecule has 0 radical (unpaired) electrons. The third kappa shape index (κ3) is 1.94. The average Bonchev–Trinajstić information content (AvgIpc) is 2.31. The lowest BCUT2D eigenvalue weighted by atomic mass is 9.86. The molecule has 0 N–H and O–H groups in total. The summed E-state index contributed by atoms with van der Waals surface area (Å²) in [4.78, 5) is 23.4. The van der Waals surface area contributed by atoms with Crippen LogP contribution in [0.2, 0.25) is 0 Å². The molecule has 0 aromatic heterocycles. The Morgan fingerprint density at radius 3 is 1.94 bits per heavy atom. The van der Waals surface area contributed by atoms with Crippen LogP contribution >= 0.6 is 0 Å². The maximum Gasteiger partial charge on any atom is 0.186 e. The molecular weight excluding hydrogens is 224 g/mol. The fraction of sp³-hybridized carbons (Fsp3) is 0.250. The van der Waals surface area contributed by atoms with Crippen molar-refractivity contribution in [1.29, 1.82) is 0 Å². The summed E-state index contributed by atoms with van der Waals surface area (Å²) < 4.78 is 0. The normalized spacial score (nSPS) is 15.0. The number of hydrogen-bond acceptors (Lipinski definition) is 2.